The van der Waals surface area contributed by atoms with Crippen LogP contribution in [0.25, 0.3) is 21.3 Å². The smallest absolute Gasteiger partial charge is 0.263 e. The number of primary amides is 1. The fraction of sp³-hybridized carbons (Fsp3) is 0.200. The van der Waals surface area contributed by atoms with Crippen molar-refractivity contribution in [3.63, 3.8) is 0 Å². The molecule has 0 radical (unpaired) electrons. The standard InChI is InChI=1S/C25H24N4O3S2/c1-13-5-6-17(11-14(13)2)19-12-33-23-20(19)24(32)29(4)25(28-23)34-15(3)22(31)27-18-9-7-16(8-10-18)21(26)30/h5-12,15H,1-4H3,(H2,26,30)(H,27,31). The first-order chi connectivity index (χ1) is 16.2. The van der Waals surface area contributed by atoms with E-state index >= 15 is 0 Å². The Morgan fingerprint density at radius 1 is 1.12 bits per heavy atom. The average Bonchev–Trinajstić information content (AvgIpc) is 3.23. The number of rotatable bonds is 6. The number of nitrogens with two attached hydrogens (primary N) is 1. The lowest BCUT2D eigenvalue weighted by Crippen LogP contribution is -2.25. The number of nitrogens with one attached hydrogen (secondary N) is 1. The van der Waals surface area contributed by atoms with E-state index in [0.29, 0.717) is 26.6 Å². The van der Waals surface area contributed by atoms with Crippen molar-refractivity contribution in [3.05, 3.63) is 74.9 Å². The number of carbonyl (C=O) groups excluding carboxylic acids is 2. The Labute approximate surface area is 205 Å². The summed E-state index contributed by atoms with van der Waals surface area (Å²) >= 11 is 2.64. The summed E-state index contributed by atoms with van der Waals surface area (Å²) in [5, 5.41) is 5.32. The zero-order chi connectivity index (χ0) is 24.6. The van der Waals surface area contributed by atoms with Crippen LogP contribution in [0.1, 0.15) is 28.4 Å². The molecule has 34 heavy (non-hydrogen) atoms. The molecule has 0 spiro atoms. The molecule has 0 bridgehead atoms. The van der Waals surface area contributed by atoms with Gasteiger partial charge in [0.2, 0.25) is 11.8 Å². The maximum absolute atomic E-state index is 13.3. The lowest BCUT2D eigenvalue weighted by Gasteiger charge is -2.14. The van der Waals surface area contributed by atoms with Crippen molar-refractivity contribution in [1.29, 1.82) is 0 Å². The first-order valence-electron chi connectivity index (χ1n) is 10.6. The third-order valence-corrected chi connectivity index (χ3v) is 7.70. The largest absolute Gasteiger partial charge is 0.366 e. The topological polar surface area (TPSA) is 107 Å². The van der Waals surface area contributed by atoms with E-state index in [-0.39, 0.29) is 11.5 Å². The van der Waals surface area contributed by atoms with Crippen molar-refractivity contribution in [2.45, 2.75) is 31.2 Å². The van der Waals surface area contributed by atoms with E-state index < -0.39 is 11.2 Å². The highest BCUT2D eigenvalue weighted by molar-refractivity contribution is 8.00. The van der Waals surface area contributed by atoms with Gasteiger partial charge in [0.1, 0.15) is 4.83 Å². The van der Waals surface area contributed by atoms with E-state index in [2.05, 4.69) is 31.3 Å². The van der Waals surface area contributed by atoms with E-state index in [1.54, 1.807) is 38.2 Å². The van der Waals surface area contributed by atoms with Crippen LogP contribution in [0, 0.1) is 13.8 Å². The van der Waals surface area contributed by atoms with Gasteiger partial charge in [0.05, 0.1) is 10.6 Å². The zero-order valence-electron chi connectivity index (χ0n) is 19.2. The Hall–Kier alpha value is -3.43. The Morgan fingerprint density at radius 2 is 1.82 bits per heavy atom. The molecule has 2 aromatic heterocycles. The van der Waals surface area contributed by atoms with Gasteiger partial charge in [-0.05, 0) is 61.7 Å². The van der Waals surface area contributed by atoms with Crippen molar-refractivity contribution < 1.29 is 9.59 Å². The Bertz CT molecular complexity index is 1470. The zero-order valence-corrected chi connectivity index (χ0v) is 20.8. The Morgan fingerprint density at radius 3 is 2.47 bits per heavy atom. The molecule has 7 nitrogen and oxygen atoms in total. The van der Waals surface area contributed by atoms with Crippen LogP contribution in [-0.2, 0) is 11.8 Å². The number of carbonyl (C=O) groups is 2. The first kappa shape index (κ1) is 23.7. The highest BCUT2D eigenvalue weighted by atomic mass is 32.2. The number of fused-ring (bicyclic) bond motifs is 1. The molecule has 2 aromatic carbocycles. The Kier molecular flexibility index (Phi) is 6.58. The highest BCUT2D eigenvalue weighted by Crippen LogP contribution is 2.33. The average molecular weight is 493 g/mol. The lowest BCUT2D eigenvalue weighted by atomic mass is 10.0. The van der Waals surface area contributed by atoms with Crippen molar-refractivity contribution in [3.8, 4) is 11.1 Å². The number of amides is 2. The molecule has 1 atom stereocenters. The van der Waals surface area contributed by atoms with Crippen LogP contribution in [0.2, 0.25) is 0 Å². The minimum absolute atomic E-state index is 0.142. The number of hydrogen-bond donors (Lipinski definition) is 2. The summed E-state index contributed by atoms with van der Waals surface area (Å²) in [6.07, 6.45) is 0. The first-order valence-corrected chi connectivity index (χ1v) is 12.3. The Balaban J connectivity index is 1.58. The minimum Gasteiger partial charge on any atom is -0.366 e. The van der Waals surface area contributed by atoms with E-state index in [0.717, 1.165) is 16.7 Å². The van der Waals surface area contributed by atoms with Gasteiger partial charge >= 0.3 is 0 Å². The second-order valence-corrected chi connectivity index (χ2v) is 10.2. The summed E-state index contributed by atoms with van der Waals surface area (Å²) in [4.78, 5) is 42.5. The molecule has 4 aromatic rings. The summed E-state index contributed by atoms with van der Waals surface area (Å²) in [6, 6.07) is 12.5. The van der Waals surface area contributed by atoms with Crippen LogP contribution < -0.4 is 16.6 Å². The molecule has 174 valence electrons. The summed E-state index contributed by atoms with van der Waals surface area (Å²) in [7, 11) is 1.67. The number of thiophene rings is 1. The van der Waals surface area contributed by atoms with Gasteiger partial charge in [-0.25, -0.2) is 4.98 Å². The van der Waals surface area contributed by atoms with Crippen molar-refractivity contribution in [1.82, 2.24) is 9.55 Å². The molecule has 0 aliphatic heterocycles. The maximum atomic E-state index is 13.3. The fourth-order valence-electron chi connectivity index (χ4n) is 3.45. The number of thioether (sulfide) groups is 1. The van der Waals surface area contributed by atoms with Crippen LogP contribution in [0.4, 0.5) is 5.69 Å². The van der Waals surface area contributed by atoms with Gasteiger partial charge in [0.25, 0.3) is 5.56 Å². The summed E-state index contributed by atoms with van der Waals surface area (Å²) in [5.74, 6) is -0.772. The molecule has 2 amide bonds. The van der Waals surface area contributed by atoms with Crippen LogP contribution >= 0.6 is 23.1 Å². The van der Waals surface area contributed by atoms with Gasteiger partial charge < -0.3 is 11.1 Å². The number of aromatic nitrogens is 2. The third-order valence-electron chi connectivity index (χ3n) is 5.68. The molecule has 0 aliphatic rings. The number of aryl methyl sites for hydroxylation is 2. The quantitative estimate of drug-likeness (QED) is 0.304. The van der Waals surface area contributed by atoms with Gasteiger partial charge in [-0.1, -0.05) is 30.0 Å². The number of nitrogens with zero attached hydrogens (tertiary/aromatic N) is 2. The predicted molar refractivity (Wildman–Crippen MR) is 139 cm³/mol. The number of benzene rings is 2. The predicted octanol–water partition coefficient (Wildman–Crippen LogP) is 4.50. The number of hydrogen-bond acceptors (Lipinski definition) is 6. The molecule has 0 fully saturated rings. The summed E-state index contributed by atoms with van der Waals surface area (Å²) in [6.45, 7) is 5.86. The van der Waals surface area contributed by atoms with Crippen LogP contribution in [0.5, 0.6) is 0 Å². The SMILES string of the molecule is Cc1ccc(-c2csc3nc(SC(C)C(=O)Nc4ccc(C(N)=O)cc4)n(C)c(=O)c23)cc1C. The van der Waals surface area contributed by atoms with Crippen molar-refractivity contribution in [2.24, 2.45) is 12.8 Å². The van der Waals surface area contributed by atoms with Crippen LogP contribution in [0.3, 0.4) is 0 Å². The maximum Gasteiger partial charge on any atom is 0.263 e. The summed E-state index contributed by atoms with van der Waals surface area (Å²) in [5.41, 5.74) is 10.2. The highest BCUT2D eigenvalue weighted by Gasteiger charge is 2.21. The second-order valence-electron chi connectivity index (χ2n) is 8.08. The number of anilines is 1. The molecular weight excluding hydrogens is 468 g/mol. The van der Waals surface area contributed by atoms with Gasteiger partial charge in [-0.2, -0.15) is 0 Å². The van der Waals surface area contributed by atoms with Crippen LogP contribution in [-0.4, -0.2) is 26.6 Å². The molecule has 0 aliphatic carbocycles. The van der Waals surface area contributed by atoms with Gasteiger partial charge in [0, 0.05) is 29.2 Å². The van der Waals surface area contributed by atoms with Gasteiger partial charge in [-0.3, -0.25) is 19.0 Å². The van der Waals surface area contributed by atoms with E-state index in [1.165, 1.54) is 33.2 Å². The lowest BCUT2D eigenvalue weighted by molar-refractivity contribution is -0.115. The monoisotopic (exact) mass is 492 g/mol. The molecule has 3 N–H and O–H groups in total. The molecule has 0 saturated carbocycles. The fourth-order valence-corrected chi connectivity index (χ4v) is 5.32. The molecule has 1 unspecified atom stereocenters. The van der Waals surface area contributed by atoms with Gasteiger partial charge in [-0.15, -0.1) is 11.3 Å². The molecule has 9 heteroatoms. The summed E-state index contributed by atoms with van der Waals surface area (Å²) < 4.78 is 1.50. The van der Waals surface area contributed by atoms with E-state index in [1.807, 2.05) is 11.4 Å². The van der Waals surface area contributed by atoms with E-state index in [4.69, 9.17) is 10.7 Å². The van der Waals surface area contributed by atoms with Crippen molar-refractivity contribution >= 4 is 50.8 Å². The molecule has 0 saturated heterocycles. The minimum atomic E-state index is -0.529. The van der Waals surface area contributed by atoms with Crippen LogP contribution in [0.15, 0.2) is 57.8 Å². The third kappa shape index (κ3) is 4.62. The molecule has 4 rings (SSSR count). The second kappa shape index (κ2) is 9.44. The molecule has 2 heterocycles. The van der Waals surface area contributed by atoms with Crippen molar-refractivity contribution in [2.75, 3.05) is 5.32 Å². The van der Waals surface area contributed by atoms with Gasteiger partial charge in [0.15, 0.2) is 5.16 Å². The normalized spacial score (nSPS) is 12.0. The molecular formula is C25H24N4O3S2. The van der Waals surface area contributed by atoms with E-state index in [9.17, 15) is 14.4 Å².